The number of benzene rings is 3. The van der Waals surface area contributed by atoms with Crippen molar-refractivity contribution in [2.45, 2.75) is 26.4 Å². The zero-order valence-electron chi connectivity index (χ0n) is 17.6. The molecular formula is C25H26ClN3O2. The maximum atomic E-state index is 8.74. The van der Waals surface area contributed by atoms with E-state index < -0.39 is 0 Å². The Balaban J connectivity index is 1.43. The fraction of sp³-hybridized carbons (Fsp3) is 0.240. The van der Waals surface area contributed by atoms with Gasteiger partial charge in [-0.25, -0.2) is 0 Å². The van der Waals surface area contributed by atoms with Crippen molar-refractivity contribution in [2.24, 2.45) is 0 Å². The first-order valence-electron chi connectivity index (χ1n) is 10.4. The number of rotatable bonds is 9. The number of aromatic nitrogens is 2. The minimum absolute atomic E-state index is 0.473. The van der Waals surface area contributed by atoms with Gasteiger partial charge in [-0.3, -0.25) is 5.41 Å². The molecule has 0 saturated carbocycles. The summed E-state index contributed by atoms with van der Waals surface area (Å²) in [6.07, 6.45) is 0.799. The molecule has 0 amide bonds. The molecule has 0 saturated heterocycles. The smallest absolute Gasteiger partial charge is 0.203 e. The highest BCUT2D eigenvalue weighted by molar-refractivity contribution is 6.30. The van der Waals surface area contributed by atoms with Gasteiger partial charge >= 0.3 is 0 Å². The number of hydrogen-bond donors (Lipinski definition) is 1. The van der Waals surface area contributed by atoms with Crippen molar-refractivity contribution in [2.75, 3.05) is 13.2 Å². The van der Waals surface area contributed by atoms with Gasteiger partial charge in [-0.1, -0.05) is 41.9 Å². The van der Waals surface area contributed by atoms with Crippen molar-refractivity contribution in [3.05, 3.63) is 89.0 Å². The zero-order chi connectivity index (χ0) is 21.6. The minimum Gasteiger partial charge on any atom is -0.494 e. The fourth-order valence-electron chi connectivity index (χ4n) is 3.66. The monoisotopic (exact) mass is 435 g/mol. The summed E-state index contributed by atoms with van der Waals surface area (Å²) in [6, 6.07) is 23.5. The molecule has 160 valence electrons. The van der Waals surface area contributed by atoms with E-state index in [-0.39, 0.29) is 0 Å². The van der Waals surface area contributed by atoms with Crippen LogP contribution in [0.2, 0.25) is 5.02 Å². The Bertz CT molecular complexity index is 1210. The number of aryl methyl sites for hydroxylation is 2. The quantitative estimate of drug-likeness (QED) is 0.356. The third-order valence-electron chi connectivity index (χ3n) is 5.25. The van der Waals surface area contributed by atoms with Crippen LogP contribution >= 0.6 is 11.6 Å². The van der Waals surface area contributed by atoms with E-state index >= 15 is 0 Å². The predicted molar refractivity (Wildman–Crippen MR) is 124 cm³/mol. The van der Waals surface area contributed by atoms with Gasteiger partial charge in [-0.05, 0) is 61.4 Å². The van der Waals surface area contributed by atoms with Gasteiger partial charge in [-0.2, -0.15) is 0 Å². The van der Waals surface area contributed by atoms with Gasteiger partial charge in [-0.15, -0.1) is 0 Å². The average Bonchev–Trinajstić information content (AvgIpc) is 3.05. The molecule has 0 fully saturated rings. The van der Waals surface area contributed by atoms with Crippen molar-refractivity contribution in [3.8, 4) is 11.5 Å². The summed E-state index contributed by atoms with van der Waals surface area (Å²) in [5, 5.41) is 9.43. The van der Waals surface area contributed by atoms with Crippen LogP contribution in [0.4, 0.5) is 0 Å². The highest BCUT2D eigenvalue weighted by atomic mass is 35.5. The third kappa shape index (κ3) is 4.94. The summed E-state index contributed by atoms with van der Waals surface area (Å²) in [5.41, 5.74) is 3.68. The molecule has 0 radical (unpaired) electrons. The number of nitrogens with zero attached hydrogens (tertiary/aromatic N) is 2. The maximum Gasteiger partial charge on any atom is 0.203 e. The van der Waals surface area contributed by atoms with E-state index in [1.54, 1.807) is 0 Å². The first-order chi connectivity index (χ1) is 15.1. The molecule has 4 rings (SSSR count). The lowest BCUT2D eigenvalue weighted by molar-refractivity contribution is 0.291. The summed E-state index contributed by atoms with van der Waals surface area (Å²) < 4.78 is 15.8. The standard InChI is InChI=1S/C25H26ClN3O2/c1-19-7-2-5-10-24(19)31-18-16-29-23-9-4-3-8-22(23)28(25(29)27)15-6-17-30-21-13-11-20(26)12-14-21/h2-5,7-14,27H,6,15-18H2,1H3. The molecule has 5 nitrogen and oxygen atoms in total. The number of para-hydroxylation sites is 3. The van der Waals surface area contributed by atoms with E-state index in [1.807, 2.05) is 76.7 Å². The average molecular weight is 436 g/mol. The zero-order valence-corrected chi connectivity index (χ0v) is 18.3. The van der Waals surface area contributed by atoms with Gasteiger partial charge in [0.15, 0.2) is 0 Å². The minimum atomic E-state index is 0.473. The summed E-state index contributed by atoms with van der Waals surface area (Å²) in [4.78, 5) is 0. The van der Waals surface area contributed by atoms with Gasteiger partial charge in [0.1, 0.15) is 18.1 Å². The lowest BCUT2D eigenvalue weighted by Gasteiger charge is -2.10. The largest absolute Gasteiger partial charge is 0.494 e. The molecule has 0 aliphatic heterocycles. The van der Waals surface area contributed by atoms with Crippen LogP contribution in [0.3, 0.4) is 0 Å². The van der Waals surface area contributed by atoms with E-state index in [4.69, 9.17) is 26.5 Å². The number of nitrogens with one attached hydrogen (secondary N) is 1. The topological polar surface area (TPSA) is 52.2 Å². The maximum absolute atomic E-state index is 8.74. The van der Waals surface area contributed by atoms with E-state index in [1.165, 1.54) is 0 Å². The van der Waals surface area contributed by atoms with Crippen molar-refractivity contribution in [1.29, 1.82) is 5.41 Å². The first kappa shape index (κ1) is 21.1. The highest BCUT2D eigenvalue weighted by Crippen LogP contribution is 2.18. The predicted octanol–water partition coefficient (Wildman–Crippen LogP) is 5.43. The van der Waals surface area contributed by atoms with Crippen LogP contribution in [0, 0.1) is 12.3 Å². The molecule has 4 aromatic rings. The number of halogens is 1. The number of hydrogen-bond acceptors (Lipinski definition) is 3. The second kappa shape index (κ2) is 9.75. The Morgan fingerprint density at radius 2 is 1.42 bits per heavy atom. The van der Waals surface area contributed by atoms with Crippen LogP contribution < -0.4 is 15.1 Å². The Labute approximate surface area is 186 Å². The summed E-state index contributed by atoms with van der Waals surface area (Å²) in [5.74, 6) is 1.69. The Morgan fingerprint density at radius 1 is 0.774 bits per heavy atom. The van der Waals surface area contributed by atoms with E-state index in [0.717, 1.165) is 34.5 Å². The lowest BCUT2D eigenvalue weighted by atomic mass is 10.2. The van der Waals surface area contributed by atoms with E-state index in [9.17, 15) is 0 Å². The molecule has 3 aromatic carbocycles. The molecule has 0 unspecified atom stereocenters. The molecule has 0 bridgehead atoms. The molecule has 1 heterocycles. The summed E-state index contributed by atoms with van der Waals surface area (Å²) in [7, 11) is 0. The highest BCUT2D eigenvalue weighted by Gasteiger charge is 2.10. The molecule has 31 heavy (non-hydrogen) atoms. The molecule has 1 N–H and O–H groups in total. The van der Waals surface area contributed by atoms with Crippen molar-refractivity contribution < 1.29 is 9.47 Å². The molecule has 1 aromatic heterocycles. The van der Waals surface area contributed by atoms with Crippen LogP contribution in [0.25, 0.3) is 11.0 Å². The molecule has 0 atom stereocenters. The van der Waals surface area contributed by atoms with Gasteiger partial charge in [0.2, 0.25) is 5.62 Å². The third-order valence-corrected chi connectivity index (χ3v) is 5.50. The molecular weight excluding hydrogens is 410 g/mol. The van der Waals surface area contributed by atoms with Crippen LogP contribution in [0.1, 0.15) is 12.0 Å². The van der Waals surface area contributed by atoms with Gasteiger partial charge in [0.25, 0.3) is 0 Å². The van der Waals surface area contributed by atoms with Gasteiger partial charge < -0.3 is 18.6 Å². The molecule has 0 aliphatic rings. The lowest BCUT2D eigenvalue weighted by Crippen LogP contribution is -2.27. The number of fused-ring (bicyclic) bond motifs is 1. The van der Waals surface area contributed by atoms with Gasteiger partial charge in [0.05, 0.1) is 24.2 Å². The van der Waals surface area contributed by atoms with Crippen molar-refractivity contribution >= 4 is 22.6 Å². The van der Waals surface area contributed by atoms with Crippen LogP contribution in [-0.2, 0) is 13.1 Å². The Kier molecular flexibility index (Phi) is 6.63. The molecule has 6 heteroatoms. The van der Waals surface area contributed by atoms with Crippen molar-refractivity contribution in [1.82, 2.24) is 9.13 Å². The Morgan fingerprint density at radius 3 is 2.13 bits per heavy atom. The van der Waals surface area contributed by atoms with Crippen LogP contribution in [-0.4, -0.2) is 22.3 Å². The van der Waals surface area contributed by atoms with Gasteiger partial charge in [0, 0.05) is 11.6 Å². The Hall–Kier alpha value is -3.18. The fourth-order valence-corrected chi connectivity index (χ4v) is 3.78. The SMILES string of the molecule is Cc1ccccc1OCCn1c(=N)n(CCCOc2ccc(Cl)cc2)c2ccccc21. The van der Waals surface area contributed by atoms with Crippen molar-refractivity contribution in [3.63, 3.8) is 0 Å². The second-order valence-electron chi connectivity index (χ2n) is 7.39. The first-order valence-corrected chi connectivity index (χ1v) is 10.8. The summed E-state index contributed by atoms with van der Waals surface area (Å²) >= 11 is 5.92. The van der Waals surface area contributed by atoms with Crippen LogP contribution in [0.15, 0.2) is 72.8 Å². The van der Waals surface area contributed by atoms with Crippen LogP contribution in [0.5, 0.6) is 11.5 Å². The molecule has 0 aliphatic carbocycles. The number of imidazole rings is 1. The second-order valence-corrected chi connectivity index (χ2v) is 7.82. The molecule has 0 spiro atoms. The van der Waals surface area contributed by atoms with E-state index in [2.05, 4.69) is 12.1 Å². The number of ether oxygens (including phenoxy) is 2. The summed E-state index contributed by atoms with van der Waals surface area (Å²) in [6.45, 7) is 4.44. The van der Waals surface area contributed by atoms with E-state index in [0.29, 0.717) is 36.9 Å². The normalized spacial score (nSPS) is 11.0.